The number of thiophene rings is 1. The number of rotatable bonds is 8. The van der Waals surface area contributed by atoms with Crippen LogP contribution in [0.1, 0.15) is 29.3 Å². The molecule has 6 heteroatoms. The highest BCUT2D eigenvalue weighted by molar-refractivity contribution is 7.10. The van der Waals surface area contributed by atoms with Gasteiger partial charge in [0.15, 0.2) is 5.96 Å². The van der Waals surface area contributed by atoms with Crippen molar-refractivity contribution in [1.82, 2.24) is 15.5 Å². The van der Waals surface area contributed by atoms with Gasteiger partial charge in [-0.3, -0.25) is 9.89 Å². The van der Waals surface area contributed by atoms with Gasteiger partial charge in [0.1, 0.15) is 5.75 Å². The summed E-state index contributed by atoms with van der Waals surface area (Å²) in [7, 11) is 3.53. The number of nitrogens with zero attached hydrogens (tertiary/aromatic N) is 2. The molecule has 0 spiro atoms. The number of hydrogen-bond acceptors (Lipinski definition) is 4. The molecule has 1 aromatic carbocycles. The highest BCUT2D eigenvalue weighted by atomic mass is 32.1. The Bertz CT molecular complexity index is 711. The molecule has 1 fully saturated rings. The van der Waals surface area contributed by atoms with Crippen molar-refractivity contribution >= 4 is 17.3 Å². The van der Waals surface area contributed by atoms with E-state index in [4.69, 9.17) is 4.74 Å². The maximum absolute atomic E-state index is 5.29. The summed E-state index contributed by atoms with van der Waals surface area (Å²) in [4.78, 5) is 8.40. The maximum atomic E-state index is 5.29. The fourth-order valence-electron chi connectivity index (χ4n) is 3.51. The molecular formula is C21H30N4OS. The Morgan fingerprint density at radius 1 is 1.22 bits per heavy atom. The molecule has 2 aromatic rings. The first kappa shape index (κ1) is 19.7. The van der Waals surface area contributed by atoms with Crippen molar-refractivity contribution in [2.45, 2.75) is 25.3 Å². The van der Waals surface area contributed by atoms with Gasteiger partial charge in [-0.15, -0.1) is 11.3 Å². The maximum Gasteiger partial charge on any atom is 0.191 e. The summed E-state index contributed by atoms with van der Waals surface area (Å²) >= 11 is 1.84. The van der Waals surface area contributed by atoms with Crippen LogP contribution in [0.5, 0.6) is 5.75 Å². The minimum atomic E-state index is 0.421. The second-order valence-corrected chi connectivity index (χ2v) is 7.73. The van der Waals surface area contributed by atoms with Gasteiger partial charge in [-0.2, -0.15) is 0 Å². The van der Waals surface area contributed by atoms with E-state index < -0.39 is 0 Å². The SMILES string of the molecule is CN=C(NCCc1cccc(OC)c1)NCC(c1cccs1)N1CCCC1. The summed E-state index contributed by atoms with van der Waals surface area (Å²) in [5, 5.41) is 9.12. The number of benzene rings is 1. The van der Waals surface area contributed by atoms with Crippen molar-refractivity contribution in [3.8, 4) is 5.75 Å². The van der Waals surface area contributed by atoms with E-state index >= 15 is 0 Å². The standard InChI is InChI=1S/C21H30N4OS/c1-22-21(23-11-10-17-7-5-8-18(15-17)26-2)24-16-19(20-9-6-14-27-20)25-12-3-4-13-25/h5-9,14-15,19H,3-4,10-13,16H2,1-2H3,(H2,22,23,24). The summed E-state index contributed by atoms with van der Waals surface area (Å²) in [6, 6.07) is 13.0. The van der Waals surface area contributed by atoms with Crippen LogP contribution in [0.3, 0.4) is 0 Å². The predicted octanol–water partition coefficient (Wildman–Crippen LogP) is 3.30. The van der Waals surface area contributed by atoms with Crippen LogP contribution < -0.4 is 15.4 Å². The average Bonchev–Trinajstić information content (AvgIpc) is 3.41. The van der Waals surface area contributed by atoms with E-state index in [0.717, 1.165) is 31.2 Å². The molecule has 0 radical (unpaired) electrons. The van der Waals surface area contributed by atoms with Gasteiger partial charge < -0.3 is 15.4 Å². The smallest absolute Gasteiger partial charge is 0.191 e. The van der Waals surface area contributed by atoms with Crippen molar-refractivity contribution < 1.29 is 4.74 Å². The first-order valence-electron chi connectivity index (χ1n) is 9.65. The molecule has 2 N–H and O–H groups in total. The Kier molecular flexibility index (Phi) is 7.54. The molecule has 146 valence electrons. The zero-order valence-corrected chi connectivity index (χ0v) is 17.1. The molecule has 0 saturated carbocycles. The van der Waals surface area contributed by atoms with Gasteiger partial charge in [0, 0.05) is 25.0 Å². The van der Waals surface area contributed by atoms with Crippen LogP contribution in [-0.4, -0.2) is 51.2 Å². The quantitative estimate of drug-likeness (QED) is 0.540. The molecule has 0 amide bonds. The summed E-state index contributed by atoms with van der Waals surface area (Å²) in [6.45, 7) is 4.08. The summed E-state index contributed by atoms with van der Waals surface area (Å²) in [5.74, 6) is 1.76. The molecule has 0 bridgehead atoms. The Morgan fingerprint density at radius 2 is 2.07 bits per heavy atom. The summed E-state index contributed by atoms with van der Waals surface area (Å²) < 4.78 is 5.29. The third-order valence-electron chi connectivity index (χ3n) is 4.98. The molecule has 1 aliphatic heterocycles. The average molecular weight is 387 g/mol. The number of ether oxygens (including phenoxy) is 1. The number of methoxy groups -OCH3 is 1. The Morgan fingerprint density at radius 3 is 2.78 bits per heavy atom. The molecule has 1 saturated heterocycles. The highest BCUT2D eigenvalue weighted by Gasteiger charge is 2.24. The van der Waals surface area contributed by atoms with Crippen molar-refractivity contribution in [3.05, 3.63) is 52.2 Å². The fourth-order valence-corrected chi connectivity index (χ4v) is 4.37. The lowest BCUT2D eigenvalue weighted by Crippen LogP contribution is -2.43. The molecule has 0 aliphatic carbocycles. The minimum absolute atomic E-state index is 0.421. The van der Waals surface area contributed by atoms with Crippen LogP contribution >= 0.6 is 11.3 Å². The van der Waals surface area contributed by atoms with Crippen LogP contribution in [0.25, 0.3) is 0 Å². The van der Waals surface area contributed by atoms with Crippen LogP contribution in [0.2, 0.25) is 0 Å². The van der Waals surface area contributed by atoms with Gasteiger partial charge in [-0.1, -0.05) is 18.2 Å². The van der Waals surface area contributed by atoms with Crippen molar-refractivity contribution in [2.24, 2.45) is 4.99 Å². The van der Waals surface area contributed by atoms with Gasteiger partial charge in [-0.05, 0) is 61.5 Å². The zero-order valence-electron chi connectivity index (χ0n) is 16.3. The number of nitrogens with one attached hydrogen (secondary N) is 2. The Balaban J connectivity index is 1.50. The van der Waals surface area contributed by atoms with E-state index in [-0.39, 0.29) is 0 Å². The minimum Gasteiger partial charge on any atom is -0.497 e. The molecule has 27 heavy (non-hydrogen) atoms. The van der Waals surface area contributed by atoms with E-state index in [9.17, 15) is 0 Å². The second-order valence-electron chi connectivity index (χ2n) is 6.76. The van der Waals surface area contributed by atoms with Gasteiger partial charge >= 0.3 is 0 Å². The number of likely N-dealkylation sites (tertiary alicyclic amines) is 1. The lowest BCUT2D eigenvalue weighted by molar-refractivity contribution is 0.249. The lowest BCUT2D eigenvalue weighted by Gasteiger charge is -2.27. The zero-order chi connectivity index (χ0) is 18.9. The molecule has 1 atom stereocenters. The molecular weight excluding hydrogens is 356 g/mol. The topological polar surface area (TPSA) is 48.9 Å². The van der Waals surface area contributed by atoms with Crippen LogP contribution in [0, 0.1) is 0 Å². The van der Waals surface area contributed by atoms with Crippen LogP contribution in [-0.2, 0) is 6.42 Å². The van der Waals surface area contributed by atoms with Crippen molar-refractivity contribution in [2.75, 3.05) is 40.3 Å². The molecule has 2 heterocycles. The van der Waals surface area contributed by atoms with E-state index in [2.05, 4.69) is 50.2 Å². The molecule has 5 nitrogen and oxygen atoms in total. The third kappa shape index (κ3) is 5.71. The Hall–Kier alpha value is -2.05. The molecule has 3 rings (SSSR count). The van der Waals surface area contributed by atoms with E-state index in [0.29, 0.717) is 6.04 Å². The predicted molar refractivity (Wildman–Crippen MR) is 114 cm³/mol. The van der Waals surface area contributed by atoms with Crippen LogP contribution in [0.4, 0.5) is 0 Å². The molecule has 1 aromatic heterocycles. The van der Waals surface area contributed by atoms with Gasteiger partial charge in [0.25, 0.3) is 0 Å². The van der Waals surface area contributed by atoms with Gasteiger partial charge in [-0.25, -0.2) is 0 Å². The highest BCUT2D eigenvalue weighted by Crippen LogP contribution is 2.27. The largest absolute Gasteiger partial charge is 0.497 e. The summed E-state index contributed by atoms with van der Waals surface area (Å²) in [6.07, 6.45) is 3.53. The number of guanidine groups is 1. The molecule has 1 unspecified atom stereocenters. The Labute approximate surface area is 166 Å². The van der Waals surface area contributed by atoms with Crippen LogP contribution in [0.15, 0.2) is 46.8 Å². The van der Waals surface area contributed by atoms with Gasteiger partial charge in [0.05, 0.1) is 13.2 Å². The number of aliphatic imine (C=N–C) groups is 1. The van der Waals surface area contributed by atoms with E-state index in [1.807, 2.05) is 30.5 Å². The third-order valence-corrected chi connectivity index (χ3v) is 5.95. The van der Waals surface area contributed by atoms with E-state index in [1.165, 1.54) is 36.4 Å². The normalized spacial score (nSPS) is 16.3. The monoisotopic (exact) mass is 386 g/mol. The summed E-state index contributed by atoms with van der Waals surface area (Å²) in [5.41, 5.74) is 1.26. The first-order valence-corrected chi connectivity index (χ1v) is 10.5. The fraction of sp³-hybridized carbons (Fsp3) is 0.476. The second kappa shape index (κ2) is 10.3. The first-order chi connectivity index (χ1) is 13.3. The van der Waals surface area contributed by atoms with E-state index in [1.54, 1.807) is 7.11 Å². The molecule has 1 aliphatic rings. The van der Waals surface area contributed by atoms with Gasteiger partial charge in [0.2, 0.25) is 0 Å². The van der Waals surface area contributed by atoms with Crippen molar-refractivity contribution in [3.63, 3.8) is 0 Å². The lowest BCUT2D eigenvalue weighted by atomic mass is 10.1. The number of hydrogen-bond donors (Lipinski definition) is 2. The van der Waals surface area contributed by atoms with Crippen molar-refractivity contribution in [1.29, 1.82) is 0 Å².